The summed E-state index contributed by atoms with van der Waals surface area (Å²) in [6.45, 7) is 4.09. The summed E-state index contributed by atoms with van der Waals surface area (Å²) in [5.74, 6) is -0.198. The molecule has 0 spiro atoms. The minimum absolute atomic E-state index is 0.168. The quantitative estimate of drug-likeness (QED) is 0.666. The molecule has 0 saturated carbocycles. The number of benzene rings is 1. The molecule has 0 aliphatic rings. The van der Waals surface area contributed by atoms with Gasteiger partial charge in [-0.25, -0.2) is 9.97 Å². The first kappa shape index (κ1) is 18.2. The molecule has 0 bridgehead atoms. The van der Waals surface area contributed by atoms with Gasteiger partial charge in [-0.3, -0.25) is 14.9 Å². The molecular formula is C18H18N4O2S2. The standard InChI is InChI=1S/C18H18N4O2S2/c1-11(2)13-9-25-18(19-13)22-16(24)14-10-26-17(20-14)21-15(23)8-12-6-4-3-5-7-12/h3-7,9-11H,8H2,1-2H3,(H,19,22,24)(H,20,21,23). The van der Waals surface area contributed by atoms with Gasteiger partial charge in [-0.1, -0.05) is 44.2 Å². The molecule has 1 aromatic carbocycles. The van der Waals surface area contributed by atoms with E-state index in [2.05, 4.69) is 20.6 Å². The molecule has 0 aliphatic carbocycles. The van der Waals surface area contributed by atoms with Gasteiger partial charge in [0, 0.05) is 10.8 Å². The molecule has 2 heterocycles. The molecule has 0 aliphatic heterocycles. The minimum atomic E-state index is -0.338. The number of anilines is 2. The van der Waals surface area contributed by atoms with Crippen LogP contribution in [0.4, 0.5) is 10.3 Å². The normalized spacial score (nSPS) is 10.7. The van der Waals surface area contributed by atoms with Crippen molar-refractivity contribution >= 4 is 44.8 Å². The van der Waals surface area contributed by atoms with Crippen LogP contribution in [0, 0.1) is 0 Å². The number of carbonyl (C=O) groups is 2. The molecule has 6 nitrogen and oxygen atoms in total. The fraction of sp³-hybridized carbons (Fsp3) is 0.222. The maximum atomic E-state index is 12.3. The van der Waals surface area contributed by atoms with Crippen molar-refractivity contribution in [3.63, 3.8) is 0 Å². The van der Waals surface area contributed by atoms with Crippen LogP contribution in [0.3, 0.4) is 0 Å². The van der Waals surface area contributed by atoms with Crippen molar-refractivity contribution in [1.82, 2.24) is 9.97 Å². The Balaban J connectivity index is 1.58. The van der Waals surface area contributed by atoms with E-state index in [1.54, 1.807) is 5.38 Å². The topological polar surface area (TPSA) is 84.0 Å². The number of aromatic nitrogens is 2. The molecule has 2 aromatic heterocycles. The number of nitrogens with zero attached hydrogens (tertiary/aromatic N) is 2. The molecular weight excluding hydrogens is 368 g/mol. The van der Waals surface area contributed by atoms with Gasteiger partial charge in [-0.05, 0) is 11.5 Å². The van der Waals surface area contributed by atoms with E-state index in [-0.39, 0.29) is 23.9 Å². The van der Waals surface area contributed by atoms with Gasteiger partial charge < -0.3 is 5.32 Å². The van der Waals surface area contributed by atoms with Gasteiger partial charge >= 0.3 is 0 Å². The van der Waals surface area contributed by atoms with E-state index < -0.39 is 0 Å². The van der Waals surface area contributed by atoms with Crippen molar-refractivity contribution in [2.45, 2.75) is 26.2 Å². The van der Waals surface area contributed by atoms with Crippen LogP contribution in [0.15, 0.2) is 41.1 Å². The molecule has 26 heavy (non-hydrogen) atoms. The van der Waals surface area contributed by atoms with Crippen molar-refractivity contribution in [3.8, 4) is 0 Å². The third-order valence-electron chi connectivity index (χ3n) is 3.52. The van der Waals surface area contributed by atoms with E-state index in [1.165, 1.54) is 22.7 Å². The van der Waals surface area contributed by atoms with Crippen LogP contribution in [0.25, 0.3) is 0 Å². The summed E-state index contributed by atoms with van der Waals surface area (Å²) >= 11 is 2.60. The molecule has 8 heteroatoms. The average Bonchev–Trinajstić information content (AvgIpc) is 3.25. The number of hydrogen-bond acceptors (Lipinski definition) is 6. The highest BCUT2D eigenvalue weighted by Crippen LogP contribution is 2.23. The summed E-state index contributed by atoms with van der Waals surface area (Å²) in [4.78, 5) is 32.9. The van der Waals surface area contributed by atoms with Crippen molar-refractivity contribution in [2.75, 3.05) is 10.6 Å². The number of hydrogen-bond donors (Lipinski definition) is 2. The monoisotopic (exact) mass is 386 g/mol. The second kappa shape index (κ2) is 8.20. The summed E-state index contributed by atoms with van der Waals surface area (Å²) in [5, 5.41) is 9.95. The molecule has 0 radical (unpaired) electrons. The Labute approximate surface area is 159 Å². The van der Waals surface area contributed by atoms with Gasteiger partial charge in [0.1, 0.15) is 5.69 Å². The number of rotatable bonds is 6. The Hall–Kier alpha value is -2.58. The van der Waals surface area contributed by atoms with Crippen molar-refractivity contribution in [3.05, 3.63) is 58.0 Å². The zero-order valence-electron chi connectivity index (χ0n) is 14.4. The number of thiazole rings is 2. The Morgan fingerprint density at radius 1 is 1.00 bits per heavy atom. The number of amides is 2. The summed E-state index contributed by atoms with van der Waals surface area (Å²) < 4.78 is 0. The van der Waals surface area contributed by atoms with Crippen molar-refractivity contribution < 1.29 is 9.59 Å². The fourth-order valence-corrected chi connectivity index (χ4v) is 3.72. The minimum Gasteiger partial charge on any atom is -0.302 e. The van der Waals surface area contributed by atoms with Gasteiger partial charge in [0.15, 0.2) is 10.3 Å². The van der Waals surface area contributed by atoms with Gasteiger partial charge in [0.25, 0.3) is 5.91 Å². The molecule has 3 aromatic rings. The smallest absolute Gasteiger partial charge is 0.276 e. The van der Waals surface area contributed by atoms with Crippen LogP contribution in [0.1, 0.15) is 41.5 Å². The predicted molar refractivity (Wildman–Crippen MR) is 105 cm³/mol. The molecule has 2 amide bonds. The summed E-state index contributed by atoms with van der Waals surface area (Å²) in [6.07, 6.45) is 0.263. The van der Waals surface area contributed by atoms with E-state index in [4.69, 9.17) is 0 Å². The highest BCUT2D eigenvalue weighted by atomic mass is 32.1. The SMILES string of the molecule is CC(C)c1csc(NC(=O)c2csc(NC(=O)Cc3ccccc3)n2)n1. The van der Waals surface area contributed by atoms with Crippen LogP contribution in [-0.2, 0) is 11.2 Å². The summed E-state index contributed by atoms with van der Waals surface area (Å²) in [5.41, 5.74) is 2.12. The lowest BCUT2D eigenvalue weighted by Crippen LogP contribution is -2.15. The van der Waals surface area contributed by atoms with Crippen LogP contribution in [0.2, 0.25) is 0 Å². The first-order chi connectivity index (χ1) is 12.5. The third-order valence-corrected chi connectivity index (χ3v) is 5.06. The summed E-state index contributed by atoms with van der Waals surface area (Å²) in [7, 11) is 0. The molecule has 3 rings (SSSR count). The maximum absolute atomic E-state index is 12.3. The Bertz CT molecular complexity index is 903. The Kier molecular flexibility index (Phi) is 5.75. The first-order valence-electron chi connectivity index (χ1n) is 8.07. The van der Waals surface area contributed by atoms with E-state index in [0.717, 1.165) is 11.3 Å². The highest BCUT2D eigenvalue weighted by molar-refractivity contribution is 7.14. The second-order valence-corrected chi connectivity index (χ2v) is 7.65. The lowest BCUT2D eigenvalue weighted by Gasteiger charge is -2.02. The van der Waals surface area contributed by atoms with Crippen molar-refractivity contribution in [2.24, 2.45) is 0 Å². The van der Waals surface area contributed by atoms with E-state index in [1.807, 2.05) is 49.6 Å². The number of carbonyl (C=O) groups excluding carboxylic acids is 2. The molecule has 0 unspecified atom stereocenters. The molecule has 0 fully saturated rings. The molecule has 134 valence electrons. The highest BCUT2D eigenvalue weighted by Gasteiger charge is 2.15. The van der Waals surface area contributed by atoms with E-state index in [9.17, 15) is 9.59 Å². The van der Waals surface area contributed by atoms with Crippen LogP contribution >= 0.6 is 22.7 Å². The van der Waals surface area contributed by atoms with Gasteiger partial charge in [-0.15, -0.1) is 22.7 Å². The predicted octanol–water partition coefficient (Wildman–Crippen LogP) is 4.16. The third kappa shape index (κ3) is 4.74. The lowest BCUT2D eigenvalue weighted by molar-refractivity contribution is -0.115. The molecule has 0 atom stereocenters. The second-order valence-electron chi connectivity index (χ2n) is 5.93. The van der Waals surface area contributed by atoms with Crippen LogP contribution < -0.4 is 10.6 Å². The summed E-state index contributed by atoms with van der Waals surface area (Å²) in [6, 6.07) is 9.45. The van der Waals surface area contributed by atoms with Crippen LogP contribution in [0.5, 0.6) is 0 Å². The van der Waals surface area contributed by atoms with Gasteiger partial charge in [0.2, 0.25) is 5.91 Å². The zero-order chi connectivity index (χ0) is 18.5. The largest absolute Gasteiger partial charge is 0.302 e. The molecule has 2 N–H and O–H groups in total. The number of nitrogens with one attached hydrogen (secondary N) is 2. The van der Waals surface area contributed by atoms with Crippen molar-refractivity contribution in [1.29, 1.82) is 0 Å². The first-order valence-corrected chi connectivity index (χ1v) is 9.83. The fourth-order valence-electron chi connectivity index (χ4n) is 2.15. The molecule has 0 saturated heterocycles. The Morgan fingerprint density at radius 2 is 1.69 bits per heavy atom. The van der Waals surface area contributed by atoms with Crippen LogP contribution in [-0.4, -0.2) is 21.8 Å². The van der Waals surface area contributed by atoms with E-state index >= 15 is 0 Å². The Morgan fingerprint density at radius 3 is 2.38 bits per heavy atom. The maximum Gasteiger partial charge on any atom is 0.276 e. The lowest BCUT2D eigenvalue weighted by atomic mass is 10.1. The van der Waals surface area contributed by atoms with E-state index in [0.29, 0.717) is 16.2 Å². The average molecular weight is 387 g/mol. The van der Waals surface area contributed by atoms with Gasteiger partial charge in [-0.2, -0.15) is 0 Å². The van der Waals surface area contributed by atoms with Gasteiger partial charge in [0.05, 0.1) is 12.1 Å². The zero-order valence-corrected chi connectivity index (χ0v) is 16.0.